The van der Waals surface area contributed by atoms with Crippen LogP contribution in [0.2, 0.25) is 0 Å². The van der Waals surface area contributed by atoms with Crippen molar-refractivity contribution < 1.29 is 9.59 Å². The van der Waals surface area contributed by atoms with E-state index in [0.29, 0.717) is 17.2 Å². The van der Waals surface area contributed by atoms with Crippen LogP contribution >= 0.6 is 23.1 Å². The first-order valence-corrected chi connectivity index (χ1v) is 7.94. The maximum Gasteiger partial charge on any atom is 0.262 e. The Labute approximate surface area is 120 Å². The standard InChI is InChI=1S/C12H15N3O2S2/c1-18-8-9(11(16)14-6-3-5-13)15-12(17)10-4-2-7-19-10/h2,4,7,9H,3,6,8H2,1H3,(H,14,16)(H,15,17). The molecule has 0 aliphatic carbocycles. The first-order valence-electron chi connectivity index (χ1n) is 5.67. The zero-order chi connectivity index (χ0) is 14.1. The van der Waals surface area contributed by atoms with Crippen LogP contribution in [0.1, 0.15) is 16.1 Å². The predicted molar refractivity (Wildman–Crippen MR) is 77.2 cm³/mol. The molecule has 1 aromatic heterocycles. The average Bonchev–Trinajstić information content (AvgIpc) is 2.92. The van der Waals surface area contributed by atoms with E-state index in [2.05, 4.69) is 10.6 Å². The third kappa shape index (κ3) is 5.32. The van der Waals surface area contributed by atoms with E-state index in [4.69, 9.17) is 5.26 Å². The monoisotopic (exact) mass is 297 g/mol. The third-order valence-electron chi connectivity index (χ3n) is 2.24. The summed E-state index contributed by atoms with van der Waals surface area (Å²) in [6, 6.07) is 4.87. The molecule has 1 aromatic rings. The summed E-state index contributed by atoms with van der Waals surface area (Å²) in [5.41, 5.74) is 0. The molecule has 1 rings (SSSR count). The first-order chi connectivity index (χ1) is 9.19. The van der Waals surface area contributed by atoms with Gasteiger partial charge < -0.3 is 10.6 Å². The Balaban J connectivity index is 2.54. The Hall–Kier alpha value is -1.52. The fourth-order valence-corrected chi connectivity index (χ4v) is 2.55. The van der Waals surface area contributed by atoms with Crippen molar-refractivity contribution in [1.29, 1.82) is 5.26 Å². The van der Waals surface area contributed by atoms with E-state index in [1.807, 2.05) is 17.7 Å². The van der Waals surface area contributed by atoms with Gasteiger partial charge in [0.2, 0.25) is 5.91 Å². The molecule has 5 nitrogen and oxygen atoms in total. The van der Waals surface area contributed by atoms with E-state index in [9.17, 15) is 9.59 Å². The second kappa shape index (κ2) is 8.56. The van der Waals surface area contributed by atoms with Crippen LogP contribution in [-0.2, 0) is 4.79 Å². The molecule has 0 spiro atoms. The highest BCUT2D eigenvalue weighted by atomic mass is 32.2. The van der Waals surface area contributed by atoms with Crippen LogP contribution in [0.4, 0.5) is 0 Å². The van der Waals surface area contributed by atoms with E-state index < -0.39 is 6.04 Å². The largest absolute Gasteiger partial charge is 0.353 e. The normalized spacial score (nSPS) is 11.4. The van der Waals surface area contributed by atoms with Crippen molar-refractivity contribution in [1.82, 2.24) is 10.6 Å². The minimum Gasteiger partial charge on any atom is -0.353 e. The lowest BCUT2D eigenvalue weighted by atomic mass is 10.3. The molecule has 1 unspecified atom stereocenters. The van der Waals surface area contributed by atoms with Crippen molar-refractivity contribution >= 4 is 34.9 Å². The van der Waals surface area contributed by atoms with Crippen molar-refractivity contribution in [2.45, 2.75) is 12.5 Å². The first kappa shape index (κ1) is 15.5. The van der Waals surface area contributed by atoms with E-state index in [0.717, 1.165) is 0 Å². The summed E-state index contributed by atoms with van der Waals surface area (Å²) in [6.45, 7) is 0.301. The lowest BCUT2D eigenvalue weighted by Crippen LogP contribution is -2.48. The smallest absolute Gasteiger partial charge is 0.262 e. The summed E-state index contributed by atoms with van der Waals surface area (Å²) in [5, 5.41) is 15.6. The molecule has 0 radical (unpaired) electrons. The average molecular weight is 297 g/mol. The van der Waals surface area contributed by atoms with Crippen molar-refractivity contribution in [3.63, 3.8) is 0 Å². The molecule has 1 heterocycles. The van der Waals surface area contributed by atoms with Gasteiger partial charge in [0.15, 0.2) is 0 Å². The van der Waals surface area contributed by atoms with Gasteiger partial charge in [-0.05, 0) is 17.7 Å². The molecule has 0 bridgehead atoms. The van der Waals surface area contributed by atoms with Gasteiger partial charge in [0, 0.05) is 12.3 Å². The van der Waals surface area contributed by atoms with Crippen molar-refractivity contribution in [3.05, 3.63) is 22.4 Å². The van der Waals surface area contributed by atoms with Crippen LogP contribution in [0, 0.1) is 11.3 Å². The maximum atomic E-state index is 11.9. The van der Waals surface area contributed by atoms with Gasteiger partial charge in [0.05, 0.1) is 17.4 Å². The Kier molecular flexibility index (Phi) is 7.00. The molecule has 0 aliphatic rings. The van der Waals surface area contributed by atoms with Crippen molar-refractivity contribution in [2.75, 3.05) is 18.6 Å². The number of amides is 2. The second-order valence-corrected chi connectivity index (χ2v) is 5.52. The van der Waals surface area contributed by atoms with Crippen LogP contribution in [0.5, 0.6) is 0 Å². The number of nitrogens with zero attached hydrogens (tertiary/aromatic N) is 1. The van der Waals surface area contributed by atoms with Crippen LogP contribution in [0.3, 0.4) is 0 Å². The van der Waals surface area contributed by atoms with Gasteiger partial charge >= 0.3 is 0 Å². The molecule has 19 heavy (non-hydrogen) atoms. The zero-order valence-corrected chi connectivity index (χ0v) is 12.1. The molecule has 2 amide bonds. The van der Waals surface area contributed by atoms with Crippen LogP contribution in [0.25, 0.3) is 0 Å². The number of hydrogen-bond acceptors (Lipinski definition) is 5. The second-order valence-electron chi connectivity index (χ2n) is 3.66. The van der Waals surface area contributed by atoms with Gasteiger partial charge in [-0.1, -0.05) is 6.07 Å². The number of carbonyl (C=O) groups excluding carboxylic acids is 2. The fourth-order valence-electron chi connectivity index (χ4n) is 1.35. The molecular weight excluding hydrogens is 282 g/mol. The van der Waals surface area contributed by atoms with Crippen LogP contribution in [-0.4, -0.2) is 36.4 Å². The zero-order valence-electron chi connectivity index (χ0n) is 10.5. The quantitative estimate of drug-likeness (QED) is 0.742. The van der Waals surface area contributed by atoms with Gasteiger partial charge in [-0.15, -0.1) is 11.3 Å². The van der Waals surface area contributed by atoms with Gasteiger partial charge in [-0.25, -0.2) is 0 Å². The molecule has 1 atom stereocenters. The molecular formula is C12H15N3O2S2. The molecule has 0 saturated heterocycles. The Morgan fingerprint density at radius 1 is 1.58 bits per heavy atom. The third-order valence-corrected chi connectivity index (χ3v) is 3.77. The SMILES string of the molecule is CSCC(NC(=O)c1cccs1)C(=O)NCCC#N. The Morgan fingerprint density at radius 3 is 2.95 bits per heavy atom. The highest BCUT2D eigenvalue weighted by Gasteiger charge is 2.20. The Morgan fingerprint density at radius 2 is 2.37 bits per heavy atom. The number of hydrogen-bond donors (Lipinski definition) is 2. The number of nitrogens with one attached hydrogen (secondary N) is 2. The maximum absolute atomic E-state index is 11.9. The topological polar surface area (TPSA) is 82.0 Å². The number of rotatable bonds is 7. The molecule has 0 aliphatic heterocycles. The summed E-state index contributed by atoms with van der Waals surface area (Å²) in [4.78, 5) is 24.3. The fraction of sp³-hybridized carbons (Fsp3) is 0.417. The van der Waals surface area contributed by atoms with E-state index in [1.54, 1.807) is 12.1 Å². The van der Waals surface area contributed by atoms with Gasteiger partial charge in [-0.3, -0.25) is 9.59 Å². The molecule has 0 saturated carbocycles. The molecule has 0 aromatic carbocycles. The van der Waals surface area contributed by atoms with E-state index in [-0.39, 0.29) is 18.2 Å². The molecule has 2 N–H and O–H groups in total. The highest BCUT2D eigenvalue weighted by Crippen LogP contribution is 2.09. The molecule has 102 valence electrons. The lowest BCUT2D eigenvalue weighted by Gasteiger charge is -2.16. The summed E-state index contributed by atoms with van der Waals surface area (Å²) in [6.07, 6.45) is 2.13. The summed E-state index contributed by atoms with van der Waals surface area (Å²) in [7, 11) is 0. The number of thiophene rings is 1. The summed E-state index contributed by atoms with van der Waals surface area (Å²) in [5.74, 6) is -0.00540. The number of thioether (sulfide) groups is 1. The minimum atomic E-state index is -0.580. The van der Waals surface area contributed by atoms with Crippen molar-refractivity contribution in [2.24, 2.45) is 0 Å². The van der Waals surface area contributed by atoms with Crippen molar-refractivity contribution in [3.8, 4) is 6.07 Å². The highest BCUT2D eigenvalue weighted by molar-refractivity contribution is 7.98. The number of carbonyl (C=O) groups is 2. The van der Waals surface area contributed by atoms with Gasteiger partial charge in [0.25, 0.3) is 5.91 Å². The lowest BCUT2D eigenvalue weighted by molar-refractivity contribution is -0.122. The molecule has 7 heteroatoms. The van der Waals surface area contributed by atoms with Gasteiger partial charge in [0.1, 0.15) is 6.04 Å². The van der Waals surface area contributed by atoms with E-state index >= 15 is 0 Å². The number of nitriles is 1. The van der Waals surface area contributed by atoms with Gasteiger partial charge in [-0.2, -0.15) is 17.0 Å². The summed E-state index contributed by atoms with van der Waals surface area (Å²) < 4.78 is 0. The Bertz CT molecular complexity index is 454. The summed E-state index contributed by atoms with van der Waals surface area (Å²) >= 11 is 2.81. The molecule has 0 fully saturated rings. The predicted octanol–water partition coefficient (Wildman–Crippen LogP) is 1.24. The van der Waals surface area contributed by atoms with Crippen LogP contribution < -0.4 is 10.6 Å². The minimum absolute atomic E-state index is 0.246. The van der Waals surface area contributed by atoms with E-state index in [1.165, 1.54) is 23.1 Å². The van der Waals surface area contributed by atoms with Crippen LogP contribution in [0.15, 0.2) is 17.5 Å².